The summed E-state index contributed by atoms with van der Waals surface area (Å²) < 4.78 is 13.3. The average Bonchev–Trinajstić information content (AvgIpc) is 3.05. The smallest absolute Gasteiger partial charge is 0.177 e. The lowest BCUT2D eigenvalue weighted by Crippen LogP contribution is -2.15. The molecular formula is C18H11BrO2. The SMILES string of the molecule is Brc1ccc2oc3c4c(ccc3c2c1)C1C=CC=CC1O4. The Morgan fingerprint density at radius 1 is 0.952 bits per heavy atom. The van der Waals surface area contributed by atoms with Gasteiger partial charge in [-0.15, -0.1) is 0 Å². The third-order valence-corrected chi connectivity index (χ3v) is 4.78. The fraction of sp³-hybridized carbons (Fsp3) is 0.111. The summed E-state index contributed by atoms with van der Waals surface area (Å²) in [5.74, 6) is 1.19. The summed E-state index contributed by atoms with van der Waals surface area (Å²) in [7, 11) is 0. The van der Waals surface area contributed by atoms with Gasteiger partial charge >= 0.3 is 0 Å². The van der Waals surface area contributed by atoms with Crippen molar-refractivity contribution in [1.29, 1.82) is 0 Å². The van der Waals surface area contributed by atoms with E-state index in [0.29, 0.717) is 5.92 Å². The van der Waals surface area contributed by atoms with Crippen molar-refractivity contribution < 1.29 is 9.15 Å². The number of furan rings is 1. The zero-order valence-corrected chi connectivity index (χ0v) is 12.6. The first kappa shape index (κ1) is 11.6. The van der Waals surface area contributed by atoms with Gasteiger partial charge in [0.1, 0.15) is 11.7 Å². The molecule has 1 aliphatic heterocycles. The van der Waals surface area contributed by atoms with Crippen LogP contribution in [0, 0.1) is 0 Å². The molecule has 3 heteroatoms. The number of allylic oxidation sites excluding steroid dienone is 2. The molecule has 2 heterocycles. The van der Waals surface area contributed by atoms with Gasteiger partial charge in [-0.1, -0.05) is 40.2 Å². The minimum absolute atomic E-state index is 0.0931. The second kappa shape index (κ2) is 4.01. The minimum atomic E-state index is 0.0931. The van der Waals surface area contributed by atoms with E-state index in [0.717, 1.165) is 32.2 Å². The summed E-state index contributed by atoms with van der Waals surface area (Å²) in [4.78, 5) is 0. The van der Waals surface area contributed by atoms with Crippen LogP contribution in [0.4, 0.5) is 0 Å². The minimum Gasteiger partial charge on any atom is -0.481 e. The number of halogens is 1. The molecule has 0 amide bonds. The van der Waals surface area contributed by atoms with Gasteiger partial charge < -0.3 is 9.15 Å². The number of ether oxygens (including phenoxy) is 1. The Balaban J connectivity index is 1.84. The van der Waals surface area contributed by atoms with Gasteiger partial charge in [-0.05, 0) is 30.3 Å². The molecule has 0 saturated heterocycles. The van der Waals surface area contributed by atoms with Crippen LogP contribution in [0.5, 0.6) is 5.75 Å². The molecule has 1 aliphatic carbocycles. The molecule has 21 heavy (non-hydrogen) atoms. The van der Waals surface area contributed by atoms with E-state index in [1.807, 2.05) is 18.2 Å². The normalized spacial score (nSPS) is 22.5. The van der Waals surface area contributed by atoms with E-state index in [2.05, 4.69) is 52.4 Å². The second-order valence-corrected chi connectivity index (χ2v) is 6.40. The number of hydrogen-bond acceptors (Lipinski definition) is 2. The molecule has 2 unspecified atom stereocenters. The molecular weight excluding hydrogens is 328 g/mol. The lowest BCUT2D eigenvalue weighted by Gasteiger charge is -2.13. The maximum absolute atomic E-state index is 6.14. The van der Waals surface area contributed by atoms with Gasteiger partial charge in [-0.2, -0.15) is 0 Å². The molecule has 2 aromatic carbocycles. The van der Waals surface area contributed by atoms with Gasteiger partial charge in [-0.3, -0.25) is 0 Å². The molecule has 102 valence electrons. The van der Waals surface area contributed by atoms with Crippen LogP contribution in [0.1, 0.15) is 11.5 Å². The molecule has 1 aromatic heterocycles. The maximum Gasteiger partial charge on any atom is 0.177 e. The lowest BCUT2D eigenvalue weighted by molar-refractivity contribution is 0.269. The Morgan fingerprint density at radius 2 is 1.86 bits per heavy atom. The molecule has 0 spiro atoms. The molecule has 0 saturated carbocycles. The lowest BCUT2D eigenvalue weighted by atomic mass is 9.91. The van der Waals surface area contributed by atoms with Gasteiger partial charge in [0, 0.05) is 26.7 Å². The van der Waals surface area contributed by atoms with E-state index < -0.39 is 0 Å². The van der Waals surface area contributed by atoms with E-state index in [9.17, 15) is 0 Å². The Hall–Kier alpha value is -2.00. The second-order valence-electron chi connectivity index (χ2n) is 5.48. The molecule has 0 radical (unpaired) electrons. The predicted molar refractivity (Wildman–Crippen MR) is 86.9 cm³/mol. The standard InChI is InChI=1S/C18H11BrO2/c19-10-5-8-16-14(9-10)13-7-6-12-11-3-1-2-4-15(11)20-17(12)18(13)21-16/h1-9,11,15H. The predicted octanol–water partition coefficient (Wildman–Crippen LogP) is 5.32. The average molecular weight is 339 g/mol. The highest BCUT2D eigenvalue weighted by molar-refractivity contribution is 9.10. The third kappa shape index (κ3) is 1.52. The number of benzene rings is 2. The van der Waals surface area contributed by atoms with Crippen LogP contribution in [-0.2, 0) is 0 Å². The number of hydrogen-bond donors (Lipinski definition) is 0. The van der Waals surface area contributed by atoms with Crippen LogP contribution in [-0.4, -0.2) is 6.10 Å². The third-order valence-electron chi connectivity index (χ3n) is 4.28. The van der Waals surface area contributed by atoms with Crippen LogP contribution in [0.25, 0.3) is 21.9 Å². The molecule has 3 aromatic rings. The summed E-state index contributed by atoms with van der Waals surface area (Å²) >= 11 is 3.52. The van der Waals surface area contributed by atoms with Crippen molar-refractivity contribution >= 4 is 37.9 Å². The van der Waals surface area contributed by atoms with Crippen molar-refractivity contribution in [2.24, 2.45) is 0 Å². The van der Waals surface area contributed by atoms with Gasteiger partial charge in [0.25, 0.3) is 0 Å². The van der Waals surface area contributed by atoms with Gasteiger partial charge in [0.15, 0.2) is 11.3 Å². The van der Waals surface area contributed by atoms with Crippen LogP contribution >= 0.6 is 15.9 Å². The Kier molecular flexibility index (Phi) is 2.22. The monoisotopic (exact) mass is 338 g/mol. The largest absolute Gasteiger partial charge is 0.481 e. The fourth-order valence-electron chi connectivity index (χ4n) is 3.30. The summed E-state index contributed by atoms with van der Waals surface area (Å²) in [5, 5.41) is 2.23. The molecule has 0 fully saturated rings. The van der Waals surface area contributed by atoms with Crippen LogP contribution in [0.15, 0.2) is 63.5 Å². The summed E-state index contributed by atoms with van der Waals surface area (Å²) in [6.45, 7) is 0. The van der Waals surface area contributed by atoms with E-state index in [4.69, 9.17) is 9.15 Å². The molecule has 2 nitrogen and oxygen atoms in total. The zero-order chi connectivity index (χ0) is 14.0. The molecule has 2 atom stereocenters. The zero-order valence-electron chi connectivity index (χ0n) is 11.0. The van der Waals surface area contributed by atoms with E-state index in [1.54, 1.807) is 0 Å². The first-order valence-electron chi connectivity index (χ1n) is 6.97. The van der Waals surface area contributed by atoms with Crippen LogP contribution in [0.3, 0.4) is 0 Å². The Labute approximate surface area is 129 Å². The number of fused-ring (bicyclic) bond motifs is 7. The van der Waals surface area contributed by atoms with Crippen molar-refractivity contribution in [2.75, 3.05) is 0 Å². The van der Waals surface area contributed by atoms with Gasteiger partial charge in [0.05, 0.1) is 0 Å². The van der Waals surface area contributed by atoms with Crippen molar-refractivity contribution in [3.8, 4) is 5.75 Å². The topological polar surface area (TPSA) is 22.4 Å². The molecule has 0 N–H and O–H groups in total. The van der Waals surface area contributed by atoms with E-state index in [1.165, 1.54) is 5.56 Å². The number of rotatable bonds is 0. The summed E-state index contributed by atoms with van der Waals surface area (Å²) in [5.41, 5.74) is 2.97. The van der Waals surface area contributed by atoms with Crippen molar-refractivity contribution in [1.82, 2.24) is 0 Å². The Bertz CT molecular complexity index is 949. The maximum atomic E-state index is 6.14. The molecule has 5 rings (SSSR count). The van der Waals surface area contributed by atoms with E-state index in [-0.39, 0.29) is 6.10 Å². The van der Waals surface area contributed by atoms with Gasteiger partial charge in [-0.25, -0.2) is 0 Å². The van der Waals surface area contributed by atoms with Crippen molar-refractivity contribution in [3.05, 3.63) is 64.7 Å². The highest BCUT2D eigenvalue weighted by Crippen LogP contribution is 2.47. The Morgan fingerprint density at radius 3 is 2.81 bits per heavy atom. The summed E-state index contributed by atoms with van der Waals surface area (Å²) in [6, 6.07) is 10.4. The quantitative estimate of drug-likeness (QED) is 0.553. The summed E-state index contributed by atoms with van der Waals surface area (Å²) in [6.07, 6.45) is 8.52. The van der Waals surface area contributed by atoms with Gasteiger partial charge in [0.2, 0.25) is 0 Å². The van der Waals surface area contributed by atoms with E-state index >= 15 is 0 Å². The highest BCUT2D eigenvalue weighted by atomic mass is 79.9. The van der Waals surface area contributed by atoms with Crippen LogP contribution in [0.2, 0.25) is 0 Å². The first-order valence-corrected chi connectivity index (χ1v) is 7.77. The molecule has 2 aliphatic rings. The highest BCUT2D eigenvalue weighted by Gasteiger charge is 2.34. The van der Waals surface area contributed by atoms with Crippen molar-refractivity contribution in [2.45, 2.75) is 12.0 Å². The van der Waals surface area contributed by atoms with Crippen molar-refractivity contribution in [3.63, 3.8) is 0 Å². The molecule has 0 bridgehead atoms. The fourth-order valence-corrected chi connectivity index (χ4v) is 3.66. The first-order chi connectivity index (χ1) is 10.3. The van der Waals surface area contributed by atoms with Crippen LogP contribution < -0.4 is 4.74 Å².